The van der Waals surface area contributed by atoms with Crippen molar-refractivity contribution in [2.75, 3.05) is 31.1 Å². The Kier molecular flexibility index (Phi) is 5.83. The highest BCUT2D eigenvalue weighted by molar-refractivity contribution is 6.62. The molecule has 2 heterocycles. The molecule has 0 saturated carbocycles. The van der Waals surface area contributed by atoms with E-state index in [1.807, 2.05) is 66.7 Å². The van der Waals surface area contributed by atoms with Crippen LogP contribution in [0.15, 0.2) is 18.2 Å². The van der Waals surface area contributed by atoms with E-state index in [0.717, 1.165) is 11.2 Å². The topological polar surface area (TPSA) is 75.0 Å². The molecule has 2 fully saturated rings. The second kappa shape index (κ2) is 7.79. The first-order valence-corrected chi connectivity index (χ1v) is 10.4. The number of rotatable bonds is 2. The van der Waals surface area contributed by atoms with Crippen LogP contribution in [0, 0.1) is 11.3 Å². The van der Waals surface area contributed by atoms with Gasteiger partial charge in [-0.1, -0.05) is 0 Å². The molecule has 0 aliphatic carbocycles. The van der Waals surface area contributed by atoms with Gasteiger partial charge in [-0.05, 0) is 72.1 Å². The van der Waals surface area contributed by atoms with Crippen LogP contribution >= 0.6 is 0 Å². The average Bonchev–Trinajstić information content (AvgIpc) is 2.87. The fourth-order valence-corrected chi connectivity index (χ4v) is 3.47. The van der Waals surface area contributed by atoms with Gasteiger partial charge in [-0.2, -0.15) is 5.26 Å². The van der Waals surface area contributed by atoms with Gasteiger partial charge in [0.05, 0.1) is 22.8 Å². The molecule has 1 aromatic rings. The van der Waals surface area contributed by atoms with Crippen LogP contribution in [-0.4, -0.2) is 61.1 Å². The Balaban J connectivity index is 1.74. The number of ether oxygens (including phenoxy) is 1. The number of nitrogens with zero attached hydrogens (tertiary/aromatic N) is 3. The second-order valence-electron chi connectivity index (χ2n) is 9.97. The van der Waals surface area contributed by atoms with E-state index in [-0.39, 0.29) is 6.09 Å². The summed E-state index contributed by atoms with van der Waals surface area (Å²) in [6.07, 6.45) is -0.286. The molecule has 7 nitrogen and oxygen atoms in total. The standard InChI is InChI=1S/C22H32BN3O4/c1-20(2,3)28-19(27)26-10-8-25(9-11-26)18-13-16(15-24)12-17(14-18)23-29-21(4,5)22(6,7)30-23/h12-14H,8-11H2,1-7H3. The second-order valence-corrected chi connectivity index (χ2v) is 9.97. The SMILES string of the molecule is CC(C)(C)OC(=O)N1CCN(c2cc(C#N)cc(B3OC(C)(C)C(C)(C)O3)c2)CC1. The van der Waals surface area contributed by atoms with Gasteiger partial charge < -0.3 is 23.8 Å². The molecule has 0 atom stereocenters. The van der Waals surface area contributed by atoms with Crippen molar-refractivity contribution in [2.24, 2.45) is 0 Å². The summed E-state index contributed by atoms with van der Waals surface area (Å²) in [4.78, 5) is 16.2. The third-order valence-electron chi connectivity index (χ3n) is 5.89. The van der Waals surface area contributed by atoms with Crippen molar-refractivity contribution in [2.45, 2.75) is 65.3 Å². The molecule has 0 aromatic heterocycles. The smallest absolute Gasteiger partial charge is 0.444 e. The Hall–Kier alpha value is -2.24. The molecule has 0 spiro atoms. The van der Waals surface area contributed by atoms with Gasteiger partial charge in [-0.25, -0.2) is 4.79 Å². The van der Waals surface area contributed by atoms with E-state index in [9.17, 15) is 10.1 Å². The maximum Gasteiger partial charge on any atom is 0.494 e. The molecule has 2 aliphatic heterocycles. The normalized spacial score (nSPS) is 20.8. The first kappa shape index (κ1) is 22.5. The van der Waals surface area contributed by atoms with E-state index in [4.69, 9.17) is 14.0 Å². The first-order chi connectivity index (χ1) is 13.8. The summed E-state index contributed by atoms with van der Waals surface area (Å²) in [5.41, 5.74) is 0.929. The molecule has 0 radical (unpaired) electrons. The number of carbonyl (C=O) groups excluding carboxylic acids is 1. The summed E-state index contributed by atoms with van der Waals surface area (Å²) in [5, 5.41) is 9.54. The highest BCUT2D eigenvalue weighted by Gasteiger charge is 2.51. The van der Waals surface area contributed by atoms with E-state index >= 15 is 0 Å². The van der Waals surface area contributed by atoms with Crippen LogP contribution < -0.4 is 10.4 Å². The number of carbonyl (C=O) groups is 1. The van der Waals surface area contributed by atoms with Gasteiger partial charge in [-0.15, -0.1) is 0 Å². The van der Waals surface area contributed by atoms with Gasteiger partial charge in [0.15, 0.2) is 0 Å². The molecule has 8 heteroatoms. The van der Waals surface area contributed by atoms with E-state index < -0.39 is 23.9 Å². The maximum atomic E-state index is 12.3. The lowest BCUT2D eigenvalue weighted by Gasteiger charge is -2.37. The van der Waals surface area contributed by atoms with Crippen LogP contribution in [0.1, 0.15) is 54.0 Å². The van der Waals surface area contributed by atoms with Crippen molar-refractivity contribution in [3.63, 3.8) is 0 Å². The van der Waals surface area contributed by atoms with Crippen LogP contribution in [-0.2, 0) is 14.0 Å². The lowest BCUT2D eigenvalue weighted by atomic mass is 9.78. The Bertz CT molecular complexity index is 833. The van der Waals surface area contributed by atoms with E-state index in [2.05, 4.69) is 11.0 Å². The fraction of sp³-hybridized carbons (Fsp3) is 0.636. The molecule has 3 rings (SSSR count). The van der Waals surface area contributed by atoms with Crippen LogP contribution in [0.2, 0.25) is 0 Å². The fourth-order valence-electron chi connectivity index (χ4n) is 3.47. The van der Waals surface area contributed by atoms with Gasteiger partial charge in [-0.3, -0.25) is 0 Å². The predicted molar refractivity (Wildman–Crippen MR) is 117 cm³/mol. The summed E-state index contributed by atoms with van der Waals surface area (Å²) in [7, 11) is -0.523. The van der Waals surface area contributed by atoms with Crippen molar-refractivity contribution in [3.05, 3.63) is 23.8 Å². The molecule has 0 bridgehead atoms. The lowest BCUT2D eigenvalue weighted by Crippen LogP contribution is -2.50. The van der Waals surface area contributed by atoms with E-state index in [0.29, 0.717) is 31.7 Å². The minimum Gasteiger partial charge on any atom is -0.444 e. The first-order valence-electron chi connectivity index (χ1n) is 10.4. The van der Waals surface area contributed by atoms with Crippen molar-refractivity contribution in [1.82, 2.24) is 4.90 Å². The lowest BCUT2D eigenvalue weighted by molar-refractivity contribution is 0.00578. The minimum atomic E-state index is -0.523. The van der Waals surface area contributed by atoms with Crippen molar-refractivity contribution in [3.8, 4) is 6.07 Å². The average molecular weight is 413 g/mol. The minimum absolute atomic E-state index is 0.286. The zero-order valence-electron chi connectivity index (χ0n) is 19.1. The maximum absolute atomic E-state index is 12.3. The van der Waals surface area contributed by atoms with Crippen LogP contribution in [0.3, 0.4) is 0 Å². The van der Waals surface area contributed by atoms with Gasteiger partial charge in [0.25, 0.3) is 0 Å². The number of nitriles is 1. The van der Waals surface area contributed by atoms with Crippen molar-refractivity contribution in [1.29, 1.82) is 5.26 Å². The molecule has 162 valence electrons. The number of benzene rings is 1. The summed E-state index contributed by atoms with van der Waals surface area (Å²) < 4.78 is 17.8. The predicted octanol–water partition coefficient (Wildman–Crippen LogP) is 2.91. The van der Waals surface area contributed by atoms with Crippen LogP contribution in [0.5, 0.6) is 0 Å². The van der Waals surface area contributed by atoms with E-state index in [1.165, 1.54) is 0 Å². The van der Waals surface area contributed by atoms with E-state index in [1.54, 1.807) is 4.90 Å². The highest BCUT2D eigenvalue weighted by Crippen LogP contribution is 2.36. The summed E-state index contributed by atoms with van der Waals surface area (Å²) in [6.45, 7) is 16.1. The van der Waals surface area contributed by atoms with Crippen molar-refractivity contribution < 1.29 is 18.8 Å². The van der Waals surface area contributed by atoms with Crippen LogP contribution in [0.25, 0.3) is 0 Å². The molecule has 2 aliphatic rings. The quantitative estimate of drug-likeness (QED) is 0.695. The number of hydrogen-bond donors (Lipinski definition) is 0. The third kappa shape index (κ3) is 4.74. The molecule has 0 unspecified atom stereocenters. The number of hydrogen-bond acceptors (Lipinski definition) is 6. The Labute approximate surface area is 180 Å². The number of amides is 1. The third-order valence-corrected chi connectivity index (χ3v) is 5.89. The monoisotopic (exact) mass is 413 g/mol. The number of piperazine rings is 1. The molecule has 2 saturated heterocycles. The Morgan fingerprint density at radius 1 is 1.07 bits per heavy atom. The zero-order chi connectivity index (χ0) is 22.3. The summed E-state index contributed by atoms with van der Waals surface area (Å²) >= 11 is 0. The van der Waals surface area contributed by atoms with Gasteiger partial charge >= 0.3 is 13.2 Å². The van der Waals surface area contributed by atoms with Gasteiger partial charge in [0, 0.05) is 31.9 Å². The van der Waals surface area contributed by atoms with Gasteiger partial charge in [0.1, 0.15) is 5.60 Å². The van der Waals surface area contributed by atoms with Crippen LogP contribution in [0.4, 0.5) is 10.5 Å². The zero-order valence-corrected chi connectivity index (χ0v) is 19.1. The van der Waals surface area contributed by atoms with Gasteiger partial charge in [0.2, 0.25) is 0 Å². The van der Waals surface area contributed by atoms with Crippen molar-refractivity contribution >= 4 is 24.4 Å². The molecule has 0 N–H and O–H groups in total. The summed E-state index contributed by atoms with van der Waals surface area (Å²) in [5.74, 6) is 0. The Morgan fingerprint density at radius 3 is 2.13 bits per heavy atom. The largest absolute Gasteiger partial charge is 0.494 e. The molecule has 1 amide bonds. The molecular weight excluding hydrogens is 381 g/mol. The summed E-state index contributed by atoms with van der Waals surface area (Å²) in [6, 6.07) is 7.96. The number of anilines is 1. The molecule has 30 heavy (non-hydrogen) atoms. The molecular formula is C22H32BN3O4. The molecule has 1 aromatic carbocycles. The highest BCUT2D eigenvalue weighted by atomic mass is 16.7. The Morgan fingerprint density at radius 2 is 1.63 bits per heavy atom.